The van der Waals surface area contributed by atoms with Gasteiger partial charge in [0, 0.05) is 43.6 Å². The predicted octanol–water partition coefficient (Wildman–Crippen LogP) is 3.67. The lowest BCUT2D eigenvalue weighted by molar-refractivity contribution is 0.0928. The van der Waals surface area contributed by atoms with Gasteiger partial charge in [-0.1, -0.05) is 31.4 Å². The Balaban J connectivity index is 1.47. The van der Waals surface area contributed by atoms with Gasteiger partial charge in [0.2, 0.25) is 0 Å². The molecular formula is C24H32N4O2. The van der Waals surface area contributed by atoms with Gasteiger partial charge in [-0.2, -0.15) is 0 Å². The van der Waals surface area contributed by atoms with E-state index in [0.29, 0.717) is 11.3 Å². The molecule has 4 rings (SSSR count). The van der Waals surface area contributed by atoms with Crippen molar-refractivity contribution in [2.24, 2.45) is 0 Å². The van der Waals surface area contributed by atoms with Crippen molar-refractivity contribution in [1.29, 1.82) is 0 Å². The number of benzene rings is 2. The van der Waals surface area contributed by atoms with Crippen LogP contribution >= 0.6 is 0 Å². The minimum Gasteiger partial charge on any atom is -0.495 e. The second-order valence-corrected chi connectivity index (χ2v) is 8.23. The number of anilines is 3. The third-order valence-electron chi connectivity index (χ3n) is 6.25. The molecule has 0 radical (unpaired) electrons. The molecule has 0 bridgehead atoms. The van der Waals surface area contributed by atoms with Gasteiger partial charge in [-0.3, -0.25) is 4.79 Å². The summed E-state index contributed by atoms with van der Waals surface area (Å²) >= 11 is 0. The van der Waals surface area contributed by atoms with E-state index in [-0.39, 0.29) is 11.9 Å². The Bertz CT molecular complexity index is 871. The quantitative estimate of drug-likeness (QED) is 0.739. The average Bonchev–Trinajstić information content (AvgIpc) is 2.80. The van der Waals surface area contributed by atoms with Gasteiger partial charge in [0.1, 0.15) is 5.75 Å². The summed E-state index contributed by atoms with van der Waals surface area (Å²) in [5.41, 5.74) is 9.44. The van der Waals surface area contributed by atoms with Crippen LogP contribution in [0, 0.1) is 0 Å². The summed E-state index contributed by atoms with van der Waals surface area (Å²) < 4.78 is 5.52. The van der Waals surface area contributed by atoms with Crippen molar-refractivity contribution in [1.82, 2.24) is 5.32 Å². The number of carbonyl (C=O) groups is 1. The van der Waals surface area contributed by atoms with E-state index in [1.54, 1.807) is 7.11 Å². The van der Waals surface area contributed by atoms with Crippen molar-refractivity contribution in [3.8, 4) is 5.75 Å². The first kappa shape index (κ1) is 20.4. The van der Waals surface area contributed by atoms with Gasteiger partial charge in [-0.05, 0) is 43.2 Å². The van der Waals surface area contributed by atoms with Crippen LogP contribution in [0.5, 0.6) is 5.75 Å². The Labute approximate surface area is 179 Å². The molecule has 2 fully saturated rings. The van der Waals surface area contributed by atoms with Crippen LogP contribution < -0.4 is 25.6 Å². The number of ether oxygens (including phenoxy) is 1. The van der Waals surface area contributed by atoms with Crippen LogP contribution in [0.15, 0.2) is 42.5 Å². The molecule has 2 aromatic carbocycles. The molecule has 0 aromatic heterocycles. The van der Waals surface area contributed by atoms with E-state index in [2.05, 4.69) is 21.2 Å². The van der Waals surface area contributed by atoms with E-state index in [1.807, 2.05) is 36.4 Å². The Morgan fingerprint density at radius 2 is 1.63 bits per heavy atom. The molecule has 1 aliphatic carbocycles. The number of carbonyl (C=O) groups excluding carboxylic acids is 1. The second-order valence-electron chi connectivity index (χ2n) is 8.23. The molecule has 0 atom stereocenters. The molecule has 1 saturated heterocycles. The Kier molecular flexibility index (Phi) is 6.31. The number of hydrogen-bond donors (Lipinski definition) is 2. The highest BCUT2D eigenvalue weighted by Crippen LogP contribution is 2.31. The van der Waals surface area contributed by atoms with Crippen LogP contribution in [0.1, 0.15) is 42.5 Å². The topological polar surface area (TPSA) is 70.8 Å². The van der Waals surface area contributed by atoms with Gasteiger partial charge in [-0.15, -0.1) is 0 Å². The fraction of sp³-hybridized carbons (Fsp3) is 0.458. The molecule has 1 saturated carbocycles. The van der Waals surface area contributed by atoms with Crippen LogP contribution in [0.25, 0.3) is 0 Å². The van der Waals surface area contributed by atoms with Crippen LogP contribution in [-0.4, -0.2) is 45.2 Å². The summed E-state index contributed by atoms with van der Waals surface area (Å²) in [6.07, 6.45) is 5.80. The SMILES string of the molecule is COc1ccccc1N1CCN(c2ccc(N)cc2C(=O)NC2CCCCC2)CC1. The Morgan fingerprint density at radius 3 is 2.33 bits per heavy atom. The standard InChI is InChI=1S/C24H32N4O2/c1-30-23-10-6-5-9-22(23)28-15-13-27(14-16-28)21-12-11-18(25)17-20(21)24(29)26-19-7-3-2-4-8-19/h5-6,9-12,17,19H,2-4,7-8,13-16,25H2,1H3,(H,26,29). The van der Waals surface area contributed by atoms with Gasteiger partial charge in [0.15, 0.2) is 0 Å². The molecule has 6 nitrogen and oxygen atoms in total. The zero-order valence-electron chi connectivity index (χ0n) is 17.8. The van der Waals surface area contributed by atoms with Crippen molar-refractivity contribution >= 4 is 23.0 Å². The molecule has 1 aliphatic heterocycles. The molecule has 6 heteroatoms. The van der Waals surface area contributed by atoms with Crippen molar-refractivity contribution in [3.05, 3.63) is 48.0 Å². The summed E-state index contributed by atoms with van der Waals surface area (Å²) in [6, 6.07) is 14.1. The van der Waals surface area contributed by atoms with E-state index in [9.17, 15) is 4.79 Å². The number of piperazine rings is 1. The average molecular weight is 409 g/mol. The lowest BCUT2D eigenvalue weighted by atomic mass is 9.95. The van der Waals surface area contributed by atoms with Crippen molar-refractivity contribution in [3.63, 3.8) is 0 Å². The van der Waals surface area contributed by atoms with E-state index in [1.165, 1.54) is 19.3 Å². The maximum Gasteiger partial charge on any atom is 0.253 e. The van der Waals surface area contributed by atoms with Crippen molar-refractivity contribution < 1.29 is 9.53 Å². The van der Waals surface area contributed by atoms with Crippen LogP contribution in [-0.2, 0) is 0 Å². The van der Waals surface area contributed by atoms with Crippen LogP contribution in [0.2, 0.25) is 0 Å². The summed E-state index contributed by atoms with van der Waals surface area (Å²) in [5.74, 6) is 0.891. The zero-order chi connectivity index (χ0) is 20.9. The molecule has 0 unspecified atom stereocenters. The minimum atomic E-state index is -0.00337. The second kappa shape index (κ2) is 9.28. The number of methoxy groups -OCH3 is 1. The number of nitrogen functional groups attached to an aromatic ring is 1. The van der Waals surface area contributed by atoms with E-state index in [4.69, 9.17) is 10.5 Å². The van der Waals surface area contributed by atoms with Crippen LogP contribution in [0.3, 0.4) is 0 Å². The first-order chi connectivity index (χ1) is 14.7. The summed E-state index contributed by atoms with van der Waals surface area (Å²) in [5, 5.41) is 3.24. The molecule has 160 valence electrons. The lowest BCUT2D eigenvalue weighted by Crippen LogP contribution is -2.47. The number of nitrogens with two attached hydrogens (primary N) is 1. The summed E-state index contributed by atoms with van der Waals surface area (Å²) in [6.45, 7) is 3.42. The predicted molar refractivity (Wildman–Crippen MR) is 123 cm³/mol. The van der Waals surface area contributed by atoms with Gasteiger partial charge in [-0.25, -0.2) is 0 Å². The van der Waals surface area contributed by atoms with Crippen molar-refractivity contribution in [2.45, 2.75) is 38.1 Å². The third kappa shape index (κ3) is 4.48. The van der Waals surface area contributed by atoms with Crippen LogP contribution in [0.4, 0.5) is 17.1 Å². The first-order valence-electron chi connectivity index (χ1n) is 11.0. The molecular weight excluding hydrogens is 376 g/mol. The highest BCUT2D eigenvalue weighted by molar-refractivity contribution is 6.01. The fourth-order valence-electron chi connectivity index (χ4n) is 4.60. The largest absolute Gasteiger partial charge is 0.495 e. The molecule has 0 spiro atoms. The monoisotopic (exact) mass is 408 g/mol. The summed E-state index contributed by atoms with van der Waals surface area (Å²) in [7, 11) is 1.71. The number of amides is 1. The summed E-state index contributed by atoms with van der Waals surface area (Å²) in [4.78, 5) is 17.7. The maximum atomic E-state index is 13.1. The molecule has 1 heterocycles. The smallest absolute Gasteiger partial charge is 0.253 e. The highest BCUT2D eigenvalue weighted by Gasteiger charge is 2.24. The number of nitrogens with one attached hydrogen (secondary N) is 1. The molecule has 2 aliphatic rings. The maximum absolute atomic E-state index is 13.1. The van der Waals surface area contributed by atoms with Gasteiger partial charge < -0.3 is 25.6 Å². The Hall–Kier alpha value is -2.89. The molecule has 2 aromatic rings. The normalized spacial score (nSPS) is 17.6. The van der Waals surface area contributed by atoms with Gasteiger partial charge >= 0.3 is 0 Å². The highest BCUT2D eigenvalue weighted by atomic mass is 16.5. The van der Waals surface area contributed by atoms with Crippen molar-refractivity contribution in [2.75, 3.05) is 48.8 Å². The minimum absolute atomic E-state index is 0.00337. The number of hydrogen-bond acceptors (Lipinski definition) is 5. The molecule has 1 amide bonds. The molecule has 30 heavy (non-hydrogen) atoms. The van der Waals surface area contributed by atoms with E-state index >= 15 is 0 Å². The fourth-order valence-corrected chi connectivity index (χ4v) is 4.60. The number of nitrogens with zero attached hydrogens (tertiary/aromatic N) is 2. The number of rotatable bonds is 5. The lowest BCUT2D eigenvalue weighted by Gasteiger charge is -2.38. The van der Waals surface area contributed by atoms with E-state index in [0.717, 1.165) is 56.1 Å². The zero-order valence-corrected chi connectivity index (χ0v) is 17.8. The third-order valence-corrected chi connectivity index (χ3v) is 6.25. The number of para-hydroxylation sites is 2. The van der Waals surface area contributed by atoms with Gasteiger partial charge in [0.05, 0.1) is 18.4 Å². The molecule has 3 N–H and O–H groups in total. The van der Waals surface area contributed by atoms with E-state index < -0.39 is 0 Å². The van der Waals surface area contributed by atoms with Gasteiger partial charge in [0.25, 0.3) is 5.91 Å². The first-order valence-corrected chi connectivity index (χ1v) is 11.0. The Morgan fingerprint density at radius 1 is 0.967 bits per heavy atom.